The Balaban J connectivity index is 0.00000169. The molecule has 0 saturated heterocycles. The standard InChI is InChI=1S/C10H19NO2.ClH/c11-9(7-10(12)13)8-5-3-1-2-4-6-8;/h8-9H,1-7,11H2,(H,12,13);1H. The van der Waals surface area contributed by atoms with E-state index < -0.39 is 5.97 Å². The minimum Gasteiger partial charge on any atom is -0.481 e. The van der Waals surface area contributed by atoms with Gasteiger partial charge in [-0.2, -0.15) is 0 Å². The summed E-state index contributed by atoms with van der Waals surface area (Å²) in [4.78, 5) is 10.5. The quantitative estimate of drug-likeness (QED) is 0.718. The molecule has 0 aliphatic heterocycles. The Kier molecular flexibility index (Phi) is 6.93. The van der Waals surface area contributed by atoms with Crippen LogP contribution in [0.5, 0.6) is 0 Å². The Bertz CT molecular complexity index is 168. The summed E-state index contributed by atoms with van der Waals surface area (Å²) in [6.45, 7) is 0. The predicted molar refractivity (Wildman–Crippen MR) is 58.7 cm³/mol. The average Bonchev–Trinajstić information content (AvgIpc) is 2.29. The van der Waals surface area contributed by atoms with E-state index >= 15 is 0 Å². The van der Waals surface area contributed by atoms with Crippen LogP contribution in [0.25, 0.3) is 0 Å². The molecule has 1 atom stereocenters. The molecular weight excluding hydrogens is 202 g/mol. The molecule has 14 heavy (non-hydrogen) atoms. The zero-order chi connectivity index (χ0) is 9.68. The Morgan fingerprint density at radius 1 is 1.29 bits per heavy atom. The molecular formula is C10H20ClNO2. The van der Waals surface area contributed by atoms with E-state index in [1.165, 1.54) is 25.7 Å². The molecule has 0 spiro atoms. The van der Waals surface area contributed by atoms with E-state index in [0.717, 1.165) is 12.8 Å². The SMILES string of the molecule is Cl.NC(CC(=O)O)C1CCCCCC1. The maximum atomic E-state index is 10.5. The van der Waals surface area contributed by atoms with Gasteiger partial charge in [-0.3, -0.25) is 4.79 Å². The number of halogens is 1. The number of nitrogens with two attached hydrogens (primary N) is 1. The van der Waals surface area contributed by atoms with Crippen LogP contribution in [-0.2, 0) is 4.79 Å². The van der Waals surface area contributed by atoms with E-state index in [0.29, 0.717) is 5.92 Å². The molecule has 1 fully saturated rings. The van der Waals surface area contributed by atoms with Gasteiger partial charge in [0.1, 0.15) is 0 Å². The number of carboxylic acid groups (broad SMARTS) is 1. The van der Waals surface area contributed by atoms with Crippen LogP contribution in [0.2, 0.25) is 0 Å². The first-order chi connectivity index (χ1) is 6.20. The van der Waals surface area contributed by atoms with Crippen molar-refractivity contribution in [2.75, 3.05) is 0 Å². The Hall–Kier alpha value is -0.280. The van der Waals surface area contributed by atoms with Gasteiger partial charge in [-0.25, -0.2) is 0 Å². The van der Waals surface area contributed by atoms with E-state index in [1.807, 2.05) is 0 Å². The van der Waals surface area contributed by atoms with E-state index in [4.69, 9.17) is 10.8 Å². The molecule has 1 aliphatic rings. The van der Waals surface area contributed by atoms with Crippen molar-refractivity contribution in [3.63, 3.8) is 0 Å². The van der Waals surface area contributed by atoms with Gasteiger partial charge in [0.05, 0.1) is 6.42 Å². The van der Waals surface area contributed by atoms with Crippen LogP contribution >= 0.6 is 12.4 Å². The lowest BCUT2D eigenvalue weighted by molar-refractivity contribution is -0.137. The zero-order valence-electron chi connectivity index (χ0n) is 8.45. The Labute approximate surface area is 91.5 Å². The maximum Gasteiger partial charge on any atom is 0.304 e. The number of hydrogen-bond donors (Lipinski definition) is 2. The lowest BCUT2D eigenvalue weighted by Gasteiger charge is -2.20. The summed E-state index contributed by atoms with van der Waals surface area (Å²) in [7, 11) is 0. The molecule has 3 nitrogen and oxygen atoms in total. The summed E-state index contributed by atoms with van der Waals surface area (Å²) >= 11 is 0. The second-order valence-electron chi connectivity index (χ2n) is 4.01. The normalized spacial score (nSPS) is 20.6. The minimum absolute atomic E-state index is 0. The highest BCUT2D eigenvalue weighted by Crippen LogP contribution is 2.25. The van der Waals surface area contributed by atoms with Crippen LogP contribution in [0, 0.1) is 5.92 Å². The second kappa shape index (κ2) is 7.07. The average molecular weight is 222 g/mol. The highest BCUT2D eigenvalue weighted by atomic mass is 35.5. The van der Waals surface area contributed by atoms with E-state index in [2.05, 4.69) is 0 Å². The van der Waals surface area contributed by atoms with Gasteiger partial charge in [0.2, 0.25) is 0 Å². The lowest BCUT2D eigenvalue weighted by atomic mass is 9.90. The van der Waals surface area contributed by atoms with Crippen molar-refractivity contribution in [1.82, 2.24) is 0 Å². The molecule has 4 heteroatoms. The molecule has 1 rings (SSSR count). The van der Waals surface area contributed by atoms with Gasteiger partial charge in [-0.15, -0.1) is 12.4 Å². The van der Waals surface area contributed by atoms with E-state index in [9.17, 15) is 4.79 Å². The van der Waals surface area contributed by atoms with Gasteiger partial charge < -0.3 is 10.8 Å². The van der Waals surface area contributed by atoms with Gasteiger partial charge in [-0.1, -0.05) is 25.7 Å². The fourth-order valence-corrected chi connectivity index (χ4v) is 2.11. The van der Waals surface area contributed by atoms with Crippen LogP contribution < -0.4 is 5.73 Å². The van der Waals surface area contributed by atoms with Crippen LogP contribution in [-0.4, -0.2) is 17.1 Å². The number of carbonyl (C=O) groups is 1. The minimum atomic E-state index is -0.767. The molecule has 0 heterocycles. The summed E-state index contributed by atoms with van der Waals surface area (Å²) in [6, 6.07) is -0.129. The summed E-state index contributed by atoms with van der Waals surface area (Å²) in [5.41, 5.74) is 5.84. The molecule has 0 aromatic heterocycles. The predicted octanol–water partition coefficient (Wildman–Crippen LogP) is 2.18. The van der Waals surface area contributed by atoms with E-state index in [-0.39, 0.29) is 24.9 Å². The third-order valence-corrected chi connectivity index (χ3v) is 2.92. The third kappa shape index (κ3) is 4.82. The molecule has 84 valence electrons. The molecule has 0 amide bonds. The van der Waals surface area contributed by atoms with Crippen LogP contribution in [0.3, 0.4) is 0 Å². The number of hydrogen-bond acceptors (Lipinski definition) is 2. The first-order valence-electron chi connectivity index (χ1n) is 5.17. The molecule has 0 aromatic carbocycles. The molecule has 0 radical (unpaired) electrons. The van der Waals surface area contributed by atoms with Crippen LogP contribution in [0.15, 0.2) is 0 Å². The fourth-order valence-electron chi connectivity index (χ4n) is 2.11. The topological polar surface area (TPSA) is 63.3 Å². The Morgan fingerprint density at radius 3 is 2.21 bits per heavy atom. The summed E-state index contributed by atoms with van der Waals surface area (Å²) in [5, 5.41) is 8.60. The monoisotopic (exact) mass is 221 g/mol. The molecule has 1 saturated carbocycles. The smallest absolute Gasteiger partial charge is 0.304 e. The second-order valence-corrected chi connectivity index (χ2v) is 4.01. The van der Waals surface area contributed by atoms with Gasteiger partial charge in [0.25, 0.3) is 0 Å². The largest absolute Gasteiger partial charge is 0.481 e. The van der Waals surface area contributed by atoms with Crippen LogP contribution in [0.4, 0.5) is 0 Å². The van der Waals surface area contributed by atoms with Crippen molar-refractivity contribution in [3.05, 3.63) is 0 Å². The summed E-state index contributed by atoms with van der Waals surface area (Å²) in [5.74, 6) is -0.324. The van der Waals surface area contributed by atoms with Crippen molar-refractivity contribution in [1.29, 1.82) is 0 Å². The highest BCUT2D eigenvalue weighted by Gasteiger charge is 2.21. The summed E-state index contributed by atoms with van der Waals surface area (Å²) < 4.78 is 0. The van der Waals surface area contributed by atoms with Crippen molar-refractivity contribution in [2.45, 2.75) is 51.0 Å². The first-order valence-corrected chi connectivity index (χ1v) is 5.17. The fraction of sp³-hybridized carbons (Fsp3) is 0.900. The highest BCUT2D eigenvalue weighted by molar-refractivity contribution is 5.85. The number of rotatable bonds is 3. The molecule has 1 aliphatic carbocycles. The van der Waals surface area contributed by atoms with E-state index in [1.54, 1.807) is 0 Å². The molecule has 3 N–H and O–H groups in total. The van der Waals surface area contributed by atoms with Crippen molar-refractivity contribution in [2.24, 2.45) is 11.7 Å². The number of aliphatic carboxylic acids is 1. The zero-order valence-corrected chi connectivity index (χ0v) is 9.26. The van der Waals surface area contributed by atoms with Gasteiger partial charge >= 0.3 is 5.97 Å². The van der Waals surface area contributed by atoms with Crippen molar-refractivity contribution >= 4 is 18.4 Å². The maximum absolute atomic E-state index is 10.5. The van der Waals surface area contributed by atoms with Crippen molar-refractivity contribution in [3.8, 4) is 0 Å². The lowest BCUT2D eigenvalue weighted by Crippen LogP contribution is -2.32. The van der Waals surface area contributed by atoms with Gasteiger partial charge in [0, 0.05) is 6.04 Å². The molecule has 0 bridgehead atoms. The summed E-state index contributed by atoms with van der Waals surface area (Å²) in [6.07, 6.45) is 7.39. The van der Waals surface area contributed by atoms with Crippen LogP contribution in [0.1, 0.15) is 44.9 Å². The third-order valence-electron chi connectivity index (χ3n) is 2.92. The molecule has 1 unspecified atom stereocenters. The molecule has 0 aromatic rings. The van der Waals surface area contributed by atoms with Gasteiger partial charge in [0.15, 0.2) is 0 Å². The van der Waals surface area contributed by atoms with Crippen molar-refractivity contribution < 1.29 is 9.90 Å². The van der Waals surface area contributed by atoms with Gasteiger partial charge in [-0.05, 0) is 18.8 Å². The Morgan fingerprint density at radius 2 is 1.79 bits per heavy atom. The number of carboxylic acids is 1. The first kappa shape index (κ1) is 13.7.